The maximum Gasteiger partial charge on any atom is 0.337 e. The first kappa shape index (κ1) is 22.3. The van der Waals surface area contributed by atoms with E-state index < -0.39 is 73.3 Å². The highest BCUT2D eigenvalue weighted by Gasteiger charge is 2.42. The van der Waals surface area contributed by atoms with Crippen molar-refractivity contribution >= 4 is 34.4 Å². The fourth-order valence-corrected chi connectivity index (χ4v) is 2.93. The number of nitro groups is 2. The van der Waals surface area contributed by atoms with E-state index in [0.29, 0.717) is 5.01 Å². The summed E-state index contributed by atoms with van der Waals surface area (Å²) in [7, 11) is 0. The minimum absolute atomic E-state index is 0.125. The van der Waals surface area contributed by atoms with Crippen molar-refractivity contribution in [1.29, 1.82) is 0 Å². The van der Waals surface area contributed by atoms with E-state index >= 15 is 0 Å². The number of aromatic hydroxyl groups is 1. The van der Waals surface area contributed by atoms with Gasteiger partial charge in [-0.15, -0.1) is 5.11 Å². The van der Waals surface area contributed by atoms with Crippen LogP contribution in [0.25, 0.3) is 0 Å². The first-order valence-corrected chi connectivity index (χ1v) is 8.55. The molecule has 0 aliphatic carbocycles. The zero-order valence-electron chi connectivity index (χ0n) is 16.1. The number of hydrogen-bond donors (Lipinski definition) is 1. The van der Waals surface area contributed by atoms with Crippen LogP contribution in [0.2, 0.25) is 0 Å². The van der Waals surface area contributed by atoms with E-state index in [1.807, 2.05) is 0 Å². The molecular weight excluding hydrogens is 441 g/mol. The highest BCUT2D eigenvalue weighted by Crippen LogP contribution is 2.40. The summed E-state index contributed by atoms with van der Waals surface area (Å²) in [6.07, 6.45) is 0. The fourth-order valence-electron chi connectivity index (χ4n) is 2.93. The first-order chi connectivity index (χ1) is 15.0. The number of nitro benzene ring substituents is 2. The quantitative estimate of drug-likeness (QED) is 0.314. The van der Waals surface area contributed by atoms with Crippen molar-refractivity contribution in [3.63, 3.8) is 0 Å². The van der Waals surface area contributed by atoms with Crippen molar-refractivity contribution in [3.8, 4) is 5.75 Å². The molecule has 0 radical (unpaired) electrons. The molecule has 1 aliphatic heterocycles. The van der Waals surface area contributed by atoms with Crippen molar-refractivity contribution in [2.24, 2.45) is 15.3 Å². The molecular formula is C17H11F3N6O6. The molecule has 2 aromatic rings. The number of benzene rings is 2. The van der Waals surface area contributed by atoms with Crippen LogP contribution in [0, 0.1) is 44.6 Å². The SMILES string of the molecule is CC1=NN(c2c(C)c(F)c(F)c(F)c2[N+](=O)[O-])C(=O)C1N=Nc1cccc(O)c1[N+](=O)[O-]. The van der Waals surface area contributed by atoms with Crippen LogP contribution in [0.5, 0.6) is 5.75 Å². The molecule has 2 aromatic carbocycles. The van der Waals surface area contributed by atoms with E-state index in [1.54, 1.807) is 0 Å². The molecule has 1 amide bonds. The summed E-state index contributed by atoms with van der Waals surface area (Å²) in [5.41, 5.74) is -4.51. The summed E-state index contributed by atoms with van der Waals surface area (Å²) in [5.74, 6) is -7.79. The number of phenols is 1. The molecule has 1 N–H and O–H groups in total. The predicted octanol–water partition coefficient (Wildman–Crippen LogP) is 3.81. The van der Waals surface area contributed by atoms with Crippen LogP contribution >= 0.6 is 0 Å². The van der Waals surface area contributed by atoms with Gasteiger partial charge >= 0.3 is 11.4 Å². The molecule has 1 heterocycles. The van der Waals surface area contributed by atoms with Gasteiger partial charge in [-0.1, -0.05) is 6.07 Å². The Morgan fingerprint density at radius 3 is 2.28 bits per heavy atom. The number of carbonyl (C=O) groups excluding carboxylic acids is 1. The van der Waals surface area contributed by atoms with Gasteiger partial charge in [-0.25, -0.2) is 8.78 Å². The predicted molar refractivity (Wildman–Crippen MR) is 101 cm³/mol. The van der Waals surface area contributed by atoms with E-state index in [1.165, 1.54) is 13.0 Å². The molecule has 1 aliphatic rings. The van der Waals surface area contributed by atoms with Crippen LogP contribution in [0.15, 0.2) is 33.5 Å². The monoisotopic (exact) mass is 452 g/mol. The number of anilines is 1. The Morgan fingerprint density at radius 2 is 1.69 bits per heavy atom. The lowest BCUT2D eigenvalue weighted by atomic mass is 10.1. The summed E-state index contributed by atoms with van der Waals surface area (Å²) in [4.78, 5) is 32.9. The number of azo groups is 1. The van der Waals surface area contributed by atoms with Gasteiger partial charge in [0.1, 0.15) is 0 Å². The number of nitrogens with zero attached hydrogens (tertiary/aromatic N) is 6. The van der Waals surface area contributed by atoms with Crippen molar-refractivity contribution in [2.45, 2.75) is 19.9 Å². The molecule has 1 atom stereocenters. The Kier molecular flexibility index (Phi) is 5.57. The highest BCUT2D eigenvalue weighted by molar-refractivity contribution is 6.19. The van der Waals surface area contributed by atoms with E-state index in [2.05, 4.69) is 15.3 Å². The molecule has 15 heteroatoms. The molecule has 3 rings (SSSR count). The van der Waals surface area contributed by atoms with Crippen molar-refractivity contribution in [3.05, 3.63) is 61.4 Å². The van der Waals surface area contributed by atoms with Crippen LogP contribution in [0.4, 0.5) is 35.9 Å². The molecule has 166 valence electrons. The van der Waals surface area contributed by atoms with Gasteiger partial charge in [0.25, 0.3) is 5.91 Å². The van der Waals surface area contributed by atoms with Crippen molar-refractivity contribution in [1.82, 2.24) is 0 Å². The summed E-state index contributed by atoms with van der Waals surface area (Å²) < 4.78 is 41.8. The third-order valence-electron chi connectivity index (χ3n) is 4.45. The summed E-state index contributed by atoms with van der Waals surface area (Å²) >= 11 is 0. The molecule has 0 spiro atoms. The van der Waals surface area contributed by atoms with Gasteiger partial charge in [0.15, 0.2) is 29.0 Å². The van der Waals surface area contributed by atoms with Gasteiger partial charge in [0, 0.05) is 5.56 Å². The maximum absolute atomic E-state index is 14.1. The second kappa shape index (κ2) is 8.01. The number of rotatable bonds is 5. The van der Waals surface area contributed by atoms with Gasteiger partial charge in [0.2, 0.25) is 11.6 Å². The van der Waals surface area contributed by atoms with Gasteiger partial charge in [-0.3, -0.25) is 25.0 Å². The normalized spacial score (nSPS) is 16.0. The molecule has 32 heavy (non-hydrogen) atoms. The second-order valence-corrected chi connectivity index (χ2v) is 6.43. The average Bonchev–Trinajstić information content (AvgIpc) is 2.99. The second-order valence-electron chi connectivity index (χ2n) is 6.43. The standard InChI is InChI=1S/C17H11F3N6O6/c1-6-10(18)11(19)12(20)16(26(31)32)14(6)24-17(28)13(7(2)23-24)22-21-8-4-3-5-9(27)15(8)25(29)30/h3-5,13,27H,1-2H3. The van der Waals surface area contributed by atoms with Crippen LogP contribution in [-0.4, -0.2) is 32.6 Å². The first-order valence-electron chi connectivity index (χ1n) is 8.55. The van der Waals surface area contributed by atoms with E-state index in [4.69, 9.17) is 0 Å². The molecule has 0 aromatic heterocycles. The Morgan fingerprint density at radius 1 is 1.06 bits per heavy atom. The minimum Gasteiger partial charge on any atom is -0.502 e. The van der Waals surface area contributed by atoms with Crippen molar-refractivity contribution < 1.29 is 32.9 Å². The zero-order chi connectivity index (χ0) is 23.9. The smallest absolute Gasteiger partial charge is 0.337 e. The van der Waals surface area contributed by atoms with Crippen LogP contribution in [-0.2, 0) is 4.79 Å². The zero-order valence-corrected chi connectivity index (χ0v) is 16.1. The Bertz CT molecular complexity index is 1250. The minimum atomic E-state index is -2.12. The summed E-state index contributed by atoms with van der Waals surface area (Å²) in [6, 6.07) is 1.83. The molecule has 0 saturated heterocycles. The van der Waals surface area contributed by atoms with Gasteiger partial charge in [0.05, 0.1) is 15.6 Å². The van der Waals surface area contributed by atoms with Crippen molar-refractivity contribution in [2.75, 3.05) is 5.01 Å². The van der Waals surface area contributed by atoms with E-state index in [0.717, 1.165) is 19.1 Å². The number of para-hydroxylation sites is 1. The Balaban J connectivity index is 2.07. The maximum atomic E-state index is 14.1. The number of amides is 1. The lowest BCUT2D eigenvalue weighted by Crippen LogP contribution is -2.31. The lowest BCUT2D eigenvalue weighted by molar-refractivity contribution is -0.387. The summed E-state index contributed by atoms with van der Waals surface area (Å²) in [5, 5.41) is 43.3. The number of phenolic OH excluding ortho intramolecular Hbond substituents is 1. The third kappa shape index (κ3) is 3.48. The molecule has 0 bridgehead atoms. The molecule has 1 unspecified atom stereocenters. The Hall–Kier alpha value is -4.43. The van der Waals surface area contributed by atoms with Gasteiger partial charge < -0.3 is 5.11 Å². The number of hydrogen-bond acceptors (Lipinski definition) is 9. The largest absolute Gasteiger partial charge is 0.502 e. The topological polar surface area (TPSA) is 164 Å². The van der Waals surface area contributed by atoms with Crippen LogP contribution < -0.4 is 5.01 Å². The van der Waals surface area contributed by atoms with E-state index in [-0.39, 0.29) is 5.71 Å². The third-order valence-corrected chi connectivity index (χ3v) is 4.45. The average molecular weight is 452 g/mol. The Labute approximate surface area is 175 Å². The molecule has 12 nitrogen and oxygen atoms in total. The lowest BCUT2D eigenvalue weighted by Gasteiger charge is -2.16. The fraction of sp³-hybridized carbons (Fsp3) is 0.176. The van der Waals surface area contributed by atoms with Crippen LogP contribution in [0.3, 0.4) is 0 Å². The number of halogens is 3. The van der Waals surface area contributed by atoms with Gasteiger partial charge in [-0.05, 0) is 26.0 Å². The molecule has 0 fully saturated rings. The van der Waals surface area contributed by atoms with Crippen LogP contribution in [0.1, 0.15) is 12.5 Å². The summed E-state index contributed by atoms with van der Waals surface area (Å²) in [6.45, 7) is 2.14. The number of carbonyl (C=O) groups is 1. The van der Waals surface area contributed by atoms with Gasteiger partial charge in [-0.2, -0.15) is 19.6 Å². The highest BCUT2D eigenvalue weighted by atomic mass is 19.2. The number of hydrazone groups is 1. The van der Waals surface area contributed by atoms with E-state index in [9.17, 15) is 43.3 Å². The molecule has 0 saturated carbocycles.